The summed E-state index contributed by atoms with van der Waals surface area (Å²) in [5.41, 5.74) is 2.22. The summed E-state index contributed by atoms with van der Waals surface area (Å²) >= 11 is 0. The molecule has 1 aromatic carbocycles. The molecule has 3 heteroatoms. The Morgan fingerprint density at radius 2 is 1.78 bits per heavy atom. The van der Waals surface area contributed by atoms with Crippen LogP contribution < -0.4 is 10.2 Å². The lowest BCUT2D eigenvalue weighted by molar-refractivity contribution is -0.126. The number of carbonyl (C=O) groups is 1. The molecule has 0 unspecified atom stereocenters. The molecule has 2 aliphatic heterocycles. The van der Waals surface area contributed by atoms with Crippen LogP contribution in [0.3, 0.4) is 0 Å². The first kappa shape index (κ1) is 11.7. The predicted octanol–water partition coefficient (Wildman–Crippen LogP) is 2.10. The molecular weight excluding hydrogens is 224 g/mol. The van der Waals surface area contributed by atoms with Crippen molar-refractivity contribution in [3.05, 3.63) is 29.8 Å². The average molecular weight is 244 g/mol. The number of piperidine rings is 1. The van der Waals surface area contributed by atoms with Crippen molar-refractivity contribution in [1.82, 2.24) is 5.32 Å². The summed E-state index contributed by atoms with van der Waals surface area (Å²) in [4.78, 5) is 14.6. The molecule has 1 spiro atoms. The van der Waals surface area contributed by atoms with Crippen molar-refractivity contribution in [1.29, 1.82) is 0 Å². The Labute approximate surface area is 108 Å². The molecule has 2 fully saturated rings. The Morgan fingerprint density at radius 1 is 1.11 bits per heavy atom. The minimum Gasteiger partial charge on any atom is -0.317 e. The van der Waals surface area contributed by atoms with Crippen LogP contribution in [0.4, 0.5) is 5.69 Å². The van der Waals surface area contributed by atoms with Gasteiger partial charge >= 0.3 is 0 Å². The molecule has 0 aliphatic carbocycles. The molecule has 0 bridgehead atoms. The first-order valence-electron chi connectivity index (χ1n) is 6.81. The third-order valence-corrected chi connectivity index (χ3v) is 4.42. The van der Waals surface area contributed by atoms with Crippen LogP contribution in [0.1, 0.15) is 24.8 Å². The van der Waals surface area contributed by atoms with Crippen LogP contribution >= 0.6 is 0 Å². The molecule has 3 nitrogen and oxygen atoms in total. The van der Waals surface area contributed by atoms with E-state index in [0.29, 0.717) is 5.91 Å². The fraction of sp³-hybridized carbons (Fsp3) is 0.533. The van der Waals surface area contributed by atoms with Crippen LogP contribution in [0, 0.1) is 12.3 Å². The molecule has 2 aliphatic rings. The zero-order chi connectivity index (χ0) is 12.6. The number of rotatable bonds is 1. The van der Waals surface area contributed by atoms with Crippen LogP contribution in [0.15, 0.2) is 24.3 Å². The molecule has 3 rings (SSSR count). The average Bonchev–Trinajstić information content (AvgIpc) is 2.70. The van der Waals surface area contributed by atoms with E-state index < -0.39 is 0 Å². The summed E-state index contributed by atoms with van der Waals surface area (Å²) in [6.45, 7) is 4.91. The lowest BCUT2D eigenvalue weighted by atomic mass is 9.78. The number of aryl methyl sites for hydroxylation is 1. The standard InChI is InChI=1S/C15H20N2O/c1-12-2-4-13(5-3-12)17-11-8-15(14(17)18)6-9-16-10-7-15/h2-5,16H,6-11H2,1H3. The molecule has 1 amide bonds. The molecule has 0 radical (unpaired) electrons. The number of hydrogen-bond donors (Lipinski definition) is 1. The van der Waals surface area contributed by atoms with Gasteiger partial charge in [0.25, 0.3) is 0 Å². The minimum absolute atomic E-state index is 0.0733. The summed E-state index contributed by atoms with van der Waals surface area (Å²) in [6.07, 6.45) is 3.00. The molecule has 2 heterocycles. The number of benzene rings is 1. The molecule has 96 valence electrons. The van der Waals surface area contributed by atoms with Crippen molar-refractivity contribution in [3.63, 3.8) is 0 Å². The van der Waals surface area contributed by atoms with E-state index in [1.54, 1.807) is 0 Å². The van der Waals surface area contributed by atoms with E-state index in [2.05, 4.69) is 36.5 Å². The Morgan fingerprint density at radius 3 is 2.44 bits per heavy atom. The van der Waals surface area contributed by atoms with Crippen molar-refractivity contribution < 1.29 is 4.79 Å². The van der Waals surface area contributed by atoms with Crippen LogP contribution in [0.2, 0.25) is 0 Å². The summed E-state index contributed by atoms with van der Waals surface area (Å²) in [5, 5.41) is 3.35. The number of nitrogens with zero attached hydrogens (tertiary/aromatic N) is 1. The van der Waals surface area contributed by atoms with Crippen molar-refractivity contribution >= 4 is 11.6 Å². The Kier molecular flexibility index (Phi) is 2.86. The van der Waals surface area contributed by atoms with Gasteiger partial charge in [0.05, 0.1) is 5.41 Å². The van der Waals surface area contributed by atoms with E-state index in [-0.39, 0.29) is 5.41 Å². The molecule has 18 heavy (non-hydrogen) atoms. The zero-order valence-electron chi connectivity index (χ0n) is 10.9. The van der Waals surface area contributed by atoms with Crippen LogP contribution in [-0.2, 0) is 4.79 Å². The zero-order valence-corrected chi connectivity index (χ0v) is 10.9. The highest BCUT2D eigenvalue weighted by molar-refractivity contribution is 6.00. The second-order valence-electron chi connectivity index (χ2n) is 5.57. The van der Waals surface area contributed by atoms with Crippen LogP contribution in [0.25, 0.3) is 0 Å². The molecule has 2 saturated heterocycles. The predicted molar refractivity (Wildman–Crippen MR) is 72.7 cm³/mol. The third-order valence-electron chi connectivity index (χ3n) is 4.42. The molecule has 0 aromatic heterocycles. The molecule has 1 aromatic rings. The quantitative estimate of drug-likeness (QED) is 0.820. The van der Waals surface area contributed by atoms with Gasteiger partial charge in [0.1, 0.15) is 0 Å². The Bertz CT molecular complexity index is 446. The van der Waals surface area contributed by atoms with Gasteiger partial charge in [-0.3, -0.25) is 4.79 Å². The smallest absolute Gasteiger partial charge is 0.233 e. The molecular formula is C15H20N2O. The molecule has 0 saturated carbocycles. The van der Waals surface area contributed by atoms with Crippen LogP contribution in [0.5, 0.6) is 0 Å². The second kappa shape index (κ2) is 4.39. The fourth-order valence-electron chi connectivity index (χ4n) is 3.16. The van der Waals surface area contributed by atoms with E-state index in [1.165, 1.54) is 5.56 Å². The summed E-state index contributed by atoms with van der Waals surface area (Å²) < 4.78 is 0. The van der Waals surface area contributed by atoms with Crippen molar-refractivity contribution in [2.24, 2.45) is 5.41 Å². The van der Waals surface area contributed by atoms with Gasteiger partial charge in [-0.15, -0.1) is 0 Å². The summed E-state index contributed by atoms with van der Waals surface area (Å²) in [5.74, 6) is 0.341. The second-order valence-corrected chi connectivity index (χ2v) is 5.57. The van der Waals surface area contributed by atoms with E-state index >= 15 is 0 Å². The van der Waals surface area contributed by atoms with Gasteiger partial charge in [-0.2, -0.15) is 0 Å². The first-order valence-corrected chi connectivity index (χ1v) is 6.81. The molecule has 1 N–H and O–H groups in total. The van der Waals surface area contributed by atoms with E-state index in [1.807, 2.05) is 4.90 Å². The van der Waals surface area contributed by atoms with Gasteiger partial charge in [0.15, 0.2) is 0 Å². The van der Waals surface area contributed by atoms with Gasteiger partial charge in [-0.1, -0.05) is 17.7 Å². The topological polar surface area (TPSA) is 32.3 Å². The highest BCUT2D eigenvalue weighted by atomic mass is 16.2. The van der Waals surface area contributed by atoms with Crippen molar-refractivity contribution in [2.75, 3.05) is 24.5 Å². The van der Waals surface area contributed by atoms with E-state index in [4.69, 9.17) is 0 Å². The lowest BCUT2D eigenvalue weighted by Crippen LogP contribution is -2.42. The van der Waals surface area contributed by atoms with Gasteiger partial charge in [-0.25, -0.2) is 0 Å². The molecule has 0 atom stereocenters. The SMILES string of the molecule is Cc1ccc(N2CCC3(CCNCC3)C2=O)cc1. The highest BCUT2D eigenvalue weighted by Gasteiger charge is 2.47. The third kappa shape index (κ3) is 1.83. The number of nitrogens with one attached hydrogen (secondary N) is 1. The maximum Gasteiger partial charge on any atom is 0.233 e. The Hall–Kier alpha value is -1.35. The van der Waals surface area contributed by atoms with Crippen molar-refractivity contribution in [3.8, 4) is 0 Å². The maximum atomic E-state index is 12.7. The first-order chi connectivity index (χ1) is 8.71. The number of amides is 1. The van der Waals surface area contributed by atoms with Crippen LogP contribution in [-0.4, -0.2) is 25.5 Å². The van der Waals surface area contributed by atoms with E-state index in [0.717, 1.165) is 44.6 Å². The lowest BCUT2D eigenvalue weighted by Gasteiger charge is -2.32. The number of hydrogen-bond acceptors (Lipinski definition) is 2. The van der Waals surface area contributed by atoms with E-state index in [9.17, 15) is 4.79 Å². The summed E-state index contributed by atoms with van der Waals surface area (Å²) in [6, 6.07) is 8.28. The fourth-order valence-corrected chi connectivity index (χ4v) is 3.16. The van der Waals surface area contributed by atoms with Crippen molar-refractivity contribution in [2.45, 2.75) is 26.2 Å². The van der Waals surface area contributed by atoms with Gasteiger partial charge < -0.3 is 10.2 Å². The maximum absolute atomic E-state index is 12.7. The minimum atomic E-state index is -0.0733. The monoisotopic (exact) mass is 244 g/mol. The van der Waals surface area contributed by atoms with Gasteiger partial charge in [0.2, 0.25) is 5.91 Å². The number of anilines is 1. The number of carbonyl (C=O) groups excluding carboxylic acids is 1. The Balaban J connectivity index is 1.83. The normalized spacial score (nSPS) is 22.7. The largest absolute Gasteiger partial charge is 0.317 e. The van der Waals surface area contributed by atoms with Gasteiger partial charge in [-0.05, 0) is 51.4 Å². The summed E-state index contributed by atoms with van der Waals surface area (Å²) in [7, 11) is 0. The highest BCUT2D eigenvalue weighted by Crippen LogP contribution is 2.41. The van der Waals surface area contributed by atoms with Gasteiger partial charge in [0, 0.05) is 12.2 Å².